The van der Waals surface area contributed by atoms with Gasteiger partial charge in [0.1, 0.15) is 5.82 Å². The maximum atomic E-state index is 13.3. The summed E-state index contributed by atoms with van der Waals surface area (Å²) in [5.74, 6) is -0.557. The molecule has 0 aromatic heterocycles. The molecule has 108 valence electrons. The van der Waals surface area contributed by atoms with Crippen molar-refractivity contribution in [1.29, 1.82) is 0 Å². The van der Waals surface area contributed by atoms with Gasteiger partial charge < -0.3 is 11.1 Å². The van der Waals surface area contributed by atoms with Crippen LogP contribution in [0.4, 0.5) is 4.39 Å². The molecule has 1 amide bonds. The first-order chi connectivity index (χ1) is 8.36. The third-order valence-electron chi connectivity index (χ3n) is 2.73. The van der Waals surface area contributed by atoms with Crippen LogP contribution in [-0.4, -0.2) is 11.4 Å². The van der Waals surface area contributed by atoms with Gasteiger partial charge in [-0.05, 0) is 47.0 Å². The summed E-state index contributed by atoms with van der Waals surface area (Å²) < 4.78 is 13.7. The summed E-state index contributed by atoms with van der Waals surface area (Å²) in [6, 6.07) is 4.75. The Morgan fingerprint density at radius 2 is 2.16 bits per heavy atom. The van der Waals surface area contributed by atoms with Gasteiger partial charge in [0.2, 0.25) is 5.91 Å². The van der Waals surface area contributed by atoms with Crippen LogP contribution < -0.4 is 11.1 Å². The van der Waals surface area contributed by atoms with Crippen molar-refractivity contribution in [2.45, 2.75) is 38.8 Å². The number of rotatable bonds is 5. The Kier molecular flexibility index (Phi) is 7.55. The van der Waals surface area contributed by atoms with Crippen molar-refractivity contribution in [2.24, 2.45) is 5.73 Å². The fraction of sp³-hybridized carbons (Fsp3) is 0.462. The van der Waals surface area contributed by atoms with Crippen LogP contribution >= 0.6 is 28.3 Å². The predicted molar refractivity (Wildman–Crippen MR) is 80.7 cm³/mol. The summed E-state index contributed by atoms with van der Waals surface area (Å²) in [5.41, 5.74) is 5.73. The van der Waals surface area contributed by atoms with Gasteiger partial charge in [-0.1, -0.05) is 19.4 Å². The van der Waals surface area contributed by atoms with E-state index in [-0.39, 0.29) is 30.7 Å². The minimum Gasteiger partial charge on any atom is -0.350 e. The van der Waals surface area contributed by atoms with Gasteiger partial charge in [-0.3, -0.25) is 4.79 Å². The number of benzene rings is 1. The molecule has 0 radical (unpaired) electrons. The number of hydrogen-bond donors (Lipinski definition) is 2. The van der Waals surface area contributed by atoms with Gasteiger partial charge >= 0.3 is 0 Å². The van der Waals surface area contributed by atoms with E-state index < -0.39 is 5.54 Å². The Balaban J connectivity index is 0.00000324. The van der Waals surface area contributed by atoms with Crippen LogP contribution in [0.1, 0.15) is 32.3 Å². The number of nitrogens with one attached hydrogen (secondary N) is 1. The summed E-state index contributed by atoms with van der Waals surface area (Å²) in [6.45, 7) is 3.95. The maximum Gasteiger partial charge on any atom is 0.240 e. The molecule has 0 spiro atoms. The molecular formula is C13H19BrClFN2O. The van der Waals surface area contributed by atoms with E-state index in [1.165, 1.54) is 6.07 Å². The fourth-order valence-corrected chi connectivity index (χ4v) is 1.91. The van der Waals surface area contributed by atoms with Gasteiger partial charge in [-0.15, -0.1) is 12.4 Å². The molecule has 0 saturated heterocycles. The molecule has 1 rings (SSSR count). The van der Waals surface area contributed by atoms with E-state index in [1.807, 2.05) is 6.92 Å². The Hall–Kier alpha value is -0.650. The van der Waals surface area contributed by atoms with Crippen LogP contribution in [0.3, 0.4) is 0 Å². The molecule has 1 aromatic rings. The minimum absolute atomic E-state index is 0. The molecule has 0 heterocycles. The molecular weight excluding hydrogens is 335 g/mol. The van der Waals surface area contributed by atoms with Crippen molar-refractivity contribution in [3.8, 4) is 0 Å². The number of carbonyl (C=O) groups is 1. The first kappa shape index (κ1) is 18.4. The summed E-state index contributed by atoms with van der Waals surface area (Å²) in [7, 11) is 0. The lowest BCUT2D eigenvalue weighted by Crippen LogP contribution is -2.51. The standard InChI is InChI=1S/C13H18BrFN2O.ClH/c1-3-6-13(2,16)12(18)17-8-9-4-5-10(14)11(15)7-9;/h4-5,7H,3,6,8,16H2,1-2H3,(H,17,18);1H. The summed E-state index contributed by atoms with van der Waals surface area (Å²) in [4.78, 5) is 11.8. The minimum atomic E-state index is -0.872. The summed E-state index contributed by atoms with van der Waals surface area (Å²) in [6.07, 6.45) is 1.46. The molecule has 0 saturated carbocycles. The lowest BCUT2D eigenvalue weighted by atomic mass is 9.96. The van der Waals surface area contributed by atoms with Crippen molar-refractivity contribution >= 4 is 34.2 Å². The molecule has 1 aromatic carbocycles. The van der Waals surface area contributed by atoms with E-state index in [0.717, 1.165) is 6.42 Å². The van der Waals surface area contributed by atoms with Gasteiger partial charge in [0.15, 0.2) is 0 Å². The van der Waals surface area contributed by atoms with Gasteiger partial charge in [0.25, 0.3) is 0 Å². The third-order valence-corrected chi connectivity index (χ3v) is 3.37. The van der Waals surface area contributed by atoms with Crippen LogP contribution in [0.15, 0.2) is 22.7 Å². The van der Waals surface area contributed by atoms with Gasteiger partial charge in [-0.2, -0.15) is 0 Å². The fourth-order valence-electron chi connectivity index (χ4n) is 1.67. The molecule has 0 bridgehead atoms. The smallest absolute Gasteiger partial charge is 0.240 e. The quantitative estimate of drug-likeness (QED) is 0.854. The Bertz CT molecular complexity index is 441. The number of halogens is 3. The van der Waals surface area contributed by atoms with Crippen LogP contribution in [0.2, 0.25) is 0 Å². The van der Waals surface area contributed by atoms with Crippen molar-refractivity contribution < 1.29 is 9.18 Å². The van der Waals surface area contributed by atoms with Crippen LogP contribution in [0.5, 0.6) is 0 Å². The van der Waals surface area contributed by atoms with Gasteiger partial charge in [0, 0.05) is 6.54 Å². The van der Waals surface area contributed by atoms with Crippen molar-refractivity contribution in [3.05, 3.63) is 34.1 Å². The summed E-state index contributed by atoms with van der Waals surface area (Å²) in [5, 5.41) is 2.72. The zero-order valence-electron chi connectivity index (χ0n) is 11.0. The SMILES string of the molecule is CCCC(C)(N)C(=O)NCc1ccc(Br)c(F)c1.Cl. The lowest BCUT2D eigenvalue weighted by molar-refractivity contribution is -0.126. The molecule has 19 heavy (non-hydrogen) atoms. The highest BCUT2D eigenvalue weighted by atomic mass is 79.9. The van der Waals surface area contributed by atoms with Gasteiger partial charge in [-0.25, -0.2) is 4.39 Å². The number of hydrogen-bond acceptors (Lipinski definition) is 2. The molecule has 0 aliphatic heterocycles. The lowest BCUT2D eigenvalue weighted by Gasteiger charge is -2.22. The molecule has 0 aliphatic carbocycles. The highest BCUT2D eigenvalue weighted by Gasteiger charge is 2.26. The van der Waals surface area contributed by atoms with E-state index in [4.69, 9.17) is 5.73 Å². The molecule has 3 nitrogen and oxygen atoms in total. The van der Waals surface area contributed by atoms with Crippen molar-refractivity contribution in [1.82, 2.24) is 5.32 Å². The van der Waals surface area contributed by atoms with Crippen LogP contribution in [0.25, 0.3) is 0 Å². The second-order valence-electron chi connectivity index (χ2n) is 4.60. The zero-order valence-corrected chi connectivity index (χ0v) is 13.4. The largest absolute Gasteiger partial charge is 0.350 e. The molecule has 3 N–H and O–H groups in total. The monoisotopic (exact) mass is 352 g/mol. The average molecular weight is 354 g/mol. The number of carbonyl (C=O) groups excluding carboxylic acids is 1. The van der Waals surface area contributed by atoms with E-state index in [9.17, 15) is 9.18 Å². The highest BCUT2D eigenvalue weighted by molar-refractivity contribution is 9.10. The first-order valence-corrected chi connectivity index (χ1v) is 6.67. The Labute approximate surface area is 127 Å². The second-order valence-corrected chi connectivity index (χ2v) is 5.45. The zero-order chi connectivity index (χ0) is 13.8. The summed E-state index contributed by atoms with van der Waals surface area (Å²) >= 11 is 3.08. The molecule has 1 unspecified atom stereocenters. The van der Waals surface area contributed by atoms with Crippen LogP contribution in [-0.2, 0) is 11.3 Å². The Morgan fingerprint density at radius 1 is 1.53 bits per heavy atom. The third kappa shape index (κ3) is 5.47. The van der Waals surface area contributed by atoms with E-state index in [1.54, 1.807) is 19.1 Å². The highest BCUT2D eigenvalue weighted by Crippen LogP contribution is 2.16. The normalized spacial score (nSPS) is 13.3. The predicted octanol–water partition coefficient (Wildman–Crippen LogP) is 3.14. The van der Waals surface area contributed by atoms with E-state index >= 15 is 0 Å². The second kappa shape index (κ2) is 7.82. The van der Waals surface area contributed by atoms with Crippen LogP contribution in [0, 0.1) is 5.82 Å². The Morgan fingerprint density at radius 3 is 2.68 bits per heavy atom. The van der Waals surface area contributed by atoms with Crippen molar-refractivity contribution in [3.63, 3.8) is 0 Å². The molecule has 1 atom stereocenters. The van der Waals surface area contributed by atoms with Crippen molar-refractivity contribution in [2.75, 3.05) is 0 Å². The van der Waals surface area contributed by atoms with E-state index in [0.29, 0.717) is 16.5 Å². The number of amides is 1. The van der Waals surface area contributed by atoms with Gasteiger partial charge in [0.05, 0.1) is 10.0 Å². The first-order valence-electron chi connectivity index (χ1n) is 5.88. The molecule has 0 fully saturated rings. The molecule has 0 aliphatic rings. The number of nitrogens with two attached hydrogens (primary N) is 1. The van der Waals surface area contributed by atoms with E-state index in [2.05, 4.69) is 21.2 Å². The topological polar surface area (TPSA) is 55.1 Å². The molecule has 6 heteroatoms. The maximum absolute atomic E-state index is 13.3. The average Bonchev–Trinajstić information content (AvgIpc) is 2.30.